The molecule has 0 radical (unpaired) electrons. The van der Waals surface area contributed by atoms with Crippen molar-refractivity contribution in [1.29, 1.82) is 0 Å². The third-order valence-corrected chi connectivity index (χ3v) is 13.7. The summed E-state index contributed by atoms with van der Waals surface area (Å²) in [6.07, 6.45) is 0. The smallest absolute Gasteiger partial charge is 0.145 e. The number of aromatic nitrogens is 2. The lowest BCUT2D eigenvalue weighted by molar-refractivity contribution is 0.677. The van der Waals surface area contributed by atoms with E-state index in [1.807, 2.05) is 22.7 Å². The van der Waals surface area contributed by atoms with Gasteiger partial charge in [-0.2, -0.15) is 0 Å². The Hall–Kier alpha value is -6.40. The number of nitrogens with zero attached hydrogens (tertiary/aromatic N) is 2. The largest absolute Gasteiger partial charge is 0.455 e. The number of para-hydroxylation sites is 2. The molecule has 3 nitrogen and oxygen atoms in total. The molecule has 0 unspecified atom stereocenters. The van der Waals surface area contributed by atoms with Crippen LogP contribution in [0.3, 0.4) is 0 Å². The number of furan rings is 1. The minimum atomic E-state index is 0.937. The molecule has 0 bridgehead atoms. The van der Waals surface area contributed by atoms with Gasteiger partial charge in [-0.15, -0.1) is 22.7 Å². The maximum absolute atomic E-state index is 7.24. The third-order valence-electron chi connectivity index (χ3n) is 11.3. The fourth-order valence-electron chi connectivity index (χ4n) is 9.13. The maximum Gasteiger partial charge on any atom is 0.145 e. The summed E-state index contributed by atoms with van der Waals surface area (Å²) in [6, 6.07) is 57.6. The first kappa shape index (κ1) is 28.2. The number of fused-ring (bicyclic) bond motifs is 17. The molecule has 0 saturated heterocycles. The van der Waals surface area contributed by atoms with E-state index in [4.69, 9.17) is 4.42 Å². The van der Waals surface area contributed by atoms with Crippen molar-refractivity contribution < 1.29 is 4.42 Å². The van der Waals surface area contributed by atoms with Gasteiger partial charge in [-0.1, -0.05) is 97.1 Å². The lowest BCUT2D eigenvalue weighted by Gasteiger charge is -2.09. The average Bonchev–Trinajstić information content (AvgIpc) is 4.01. The molecule has 0 aliphatic heterocycles. The van der Waals surface area contributed by atoms with E-state index >= 15 is 0 Å². The molecule has 53 heavy (non-hydrogen) atoms. The number of hydrogen-bond acceptors (Lipinski definition) is 3. The number of benzene rings is 8. The Bertz CT molecular complexity index is 3460. The molecule has 13 aromatic rings. The van der Waals surface area contributed by atoms with E-state index in [0.717, 1.165) is 43.7 Å². The molecule has 0 aliphatic carbocycles. The van der Waals surface area contributed by atoms with E-state index in [0.29, 0.717) is 0 Å². The van der Waals surface area contributed by atoms with Gasteiger partial charge in [0.1, 0.15) is 11.2 Å². The first-order valence-electron chi connectivity index (χ1n) is 17.9. The van der Waals surface area contributed by atoms with Crippen LogP contribution < -0.4 is 0 Å². The zero-order valence-electron chi connectivity index (χ0n) is 28.1. The fourth-order valence-corrected chi connectivity index (χ4v) is 11.5. The molecule has 13 rings (SSSR count). The molecule has 5 heterocycles. The summed E-state index contributed by atoms with van der Waals surface area (Å²) < 4.78 is 17.3. The molecule has 0 saturated carbocycles. The summed E-state index contributed by atoms with van der Waals surface area (Å²) in [7, 11) is 0. The second-order valence-corrected chi connectivity index (χ2v) is 16.1. The van der Waals surface area contributed by atoms with Gasteiger partial charge in [-0.05, 0) is 60.7 Å². The fraction of sp³-hybridized carbons (Fsp3) is 0. The molecular formula is C48H26N2OS2. The Balaban J connectivity index is 1.14. The van der Waals surface area contributed by atoms with Crippen LogP contribution in [0, 0.1) is 0 Å². The van der Waals surface area contributed by atoms with E-state index in [1.54, 1.807) is 0 Å². The van der Waals surface area contributed by atoms with Crippen LogP contribution in [0.2, 0.25) is 0 Å². The van der Waals surface area contributed by atoms with Gasteiger partial charge >= 0.3 is 0 Å². The third kappa shape index (κ3) is 3.58. The predicted molar refractivity (Wildman–Crippen MR) is 228 cm³/mol. The van der Waals surface area contributed by atoms with Crippen LogP contribution in [-0.2, 0) is 0 Å². The second-order valence-electron chi connectivity index (χ2n) is 14.0. The van der Waals surface area contributed by atoms with Crippen molar-refractivity contribution in [2.75, 3.05) is 0 Å². The van der Waals surface area contributed by atoms with Gasteiger partial charge < -0.3 is 13.6 Å². The molecule has 0 N–H and O–H groups in total. The van der Waals surface area contributed by atoms with Gasteiger partial charge in [-0.3, -0.25) is 0 Å². The van der Waals surface area contributed by atoms with Gasteiger partial charge in [0.15, 0.2) is 0 Å². The Kier molecular flexibility index (Phi) is 5.40. The summed E-state index contributed by atoms with van der Waals surface area (Å²) in [5, 5.41) is 12.2. The topological polar surface area (TPSA) is 23.0 Å². The molecule has 8 aromatic carbocycles. The first-order chi connectivity index (χ1) is 26.3. The Labute approximate surface area is 309 Å². The Morgan fingerprint density at radius 3 is 1.23 bits per heavy atom. The molecule has 0 atom stereocenters. The molecule has 246 valence electrons. The maximum atomic E-state index is 7.24. The van der Waals surface area contributed by atoms with E-state index in [1.165, 1.54) is 73.5 Å². The summed E-state index contributed by atoms with van der Waals surface area (Å²) >= 11 is 3.74. The van der Waals surface area contributed by atoms with Gasteiger partial charge in [0, 0.05) is 52.5 Å². The highest BCUT2D eigenvalue weighted by molar-refractivity contribution is 7.26. The zero-order valence-corrected chi connectivity index (χ0v) is 29.8. The van der Waals surface area contributed by atoms with Crippen LogP contribution in [0.4, 0.5) is 0 Å². The Morgan fingerprint density at radius 2 is 0.736 bits per heavy atom. The summed E-state index contributed by atoms with van der Waals surface area (Å²) in [4.78, 5) is 0. The summed E-state index contributed by atoms with van der Waals surface area (Å²) in [5.41, 5.74) is 8.93. The lowest BCUT2D eigenvalue weighted by atomic mass is 10.1. The van der Waals surface area contributed by atoms with Crippen molar-refractivity contribution in [3.63, 3.8) is 0 Å². The quantitative estimate of drug-likeness (QED) is 0.175. The normalized spacial score (nSPS) is 12.5. The molecule has 0 amide bonds. The van der Waals surface area contributed by atoms with E-state index in [9.17, 15) is 0 Å². The standard InChI is InChI=1S/C48H26N2OS2/c1-5-17-35-33(13-1)43-37(49(35)39-19-9-15-31-27-11-3-7-21-41(27)52-47(31)39)25-23-29-30-24-26-38-44(46(30)51-45(29)43)34-14-2-6-18-36(34)50(38)40-20-10-16-32-28-12-4-8-22-42(28)53-48(32)40/h1-26H. The van der Waals surface area contributed by atoms with Crippen LogP contribution >= 0.6 is 22.7 Å². The molecule has 5 aromatic heterocycles. The van der Waals surface area contributed by atoms with Crippen molar-refractivity contribution in [2.24, 2.45) is 0 Å². The number of hydrogen-bond donors (Lipinski definition) is 0. The minimum absolute atomic E-state index is 0.937. The second kappa shape index (κ2) is 10.1. The Morgan fingerprint density at radius 1 is 0.321 bits per heavy atom. The zero-order chi connectivity index (χ0) is 34.4. The van der Waals surface area contributed by atoms with Gasteiger partial charge in [0.05, 0.1) is 53.6 Å². The molecule has 0 aliphatic rings. The molecular weight excluding hydrogens is 685 g/mol. The SMILES string of the molecule is c1ccc2c(c1)sc1c(-n3c4ccccc4c4c5oc6c(ccc7c6c6ccccc6n7-c6cccc7c6sc6ccccc67)c5ccc43)cccc12. The van der Waals surface area contributed by atoms with E-state index < -0.39 is 0 Å². The van der Waals surface area contributed by atoms with Gasteiger partial charge in [0.25, 0.3) is 0 Å². The van der Waals surface area contributed by atoms with Crippen LogP contribution in [0.1, 0.15) is 0 Å². The van der Waals surface area contributed by atoms with Gasteiger partial charge in [0.2, 0.25) is 0 Å². The molecule has 5 heteroatoms. The minimum Gasteiger partial charge on any atom is -0.455 e. The monoisotopic (exact) mass is 710 g/mol. The van der Waals surface area contributed by atoms with Crippen molar-refractivity contribution in [1.82, 2.24) is 9.13 Å². The van der Waals surface area contributed by atoms with Crippen LogP contribution in [0.15, 0.2) is 162 Å². The first-order valence-corrected chi connectivity index (χ1v) is 19.6. The van der Waals surface area contributed by atoms with Gasteiger partial charge in [-0.25, -0.2) is 0 Å². The highest BCUT2D eigenvalue weighted by Gasteiger charge is 2.24. The predicted octanol–water partition coefficient (Wildman–Crippen LogP) is 14.5. The number of thiophene rings is 2. The number of rotatable bonds is 2. The van der Waals surface area contributed by atoms with E-state index in [-0.39, 0.29) is 0 Å². The van der Waals surface area contributed by atoms with Crippen molar-refractivity contribution in [2.45, 2.75) is 0 Å². The van der Waals surface area contributed by atoms with Crippen LogP contribution in [-0.4, -0.2) is 9.13 Å². The van der Waals surface area contributed by atoms with Crippen LogP contribution in [0.25, 0.3) is 117 Å². The lowest BCUT2D eigenvalue weighted by Crippen LogP contribution is -1.93. The van der Waals surface area contributed by atoms with E-state index in [2.05, 4.69) is 167 Å². The van der Waals surface area contributed by atoms with Crippen molar-refractivity contribution >= 4 is 129 Å². The van der Waals surface area contributed by atoms with Crippen molar-refractivity contribution in [3.8, 4) is 11.4 Å². The summed E-state index contributed by atoms with van der Waals surface area (Å²) in [5.74, 6) is 0. The molecule has 0 spiro atoms. The molecule has 0 fully saturated rings. The highest BCUT2D eigenvalue weighted by atomic mass is 32.1. The van der Waals surface area contributed by atoms with Crippen molar-refractivity contribution in [3.05, 3.63) is 158 Å². The summed E-state index contributed by atoms with van der Waals surface area (Å²) in [6.45, 7) is 0. The average molecular weight is 711 g/mol. The highest BCUT2D eigenvalue weighted by Crippen LogP contribution is 2.47. The van der Waals surface area contributed by atoms with Crippen LogP contribution in [0.5, 0.6) is 0 Å².